The van der Waals surface area contributed by atoms with Crippen molar-refractivity contribution in [1.29, 1.82) is 0 Å². The summed E-state index contributed by atoms with van der Waals surface area (Å²) in [5, 5.41) is 5.50. The Morgan fingerprint density at radius 1 is 1.73 bits per heavy atom. The van der Waals surface area contributed by atoms with E-state index >= 15 is 0 Å². The molecule has 1 amide bonds. The highest BCUT2D eigenvalue weighted by Gasteiger charge is 2.15. The van der Waals surface area contributed by atoms with E-state index in [4.69, 9.17) is 0 Å². The van der Waals surface area contributed by atoms with Crippen molar-refractivity contribution >= 4 is 12.1 Å². The third-order valence-electron chi connectivity index (χ3n) is 1.69. The summed E-state index contributed by atoms with van der Waals surface area (Å²) in [5.41, 5.74) is 0. The van der Waals surface area contributed by atoms with E-state index in [0.29, 0.717) is 12.3 Å². The number of hydrogen-bond acceptors (Lipinski definition) is 2. The molecule has 0 aromatic heterocycles. The SMILES string of the molecule is CC(C)CCN1N=CCC1=O. The summed E-state index contributed by atoms with van der Waals surface area (Å²) in [6, 6.07) is 0. The average molecular weight is 154 g/mol. The average Bonchev–Trinajstić information content (AvgIpc) is 2.31. The van der Waals surface area contributed by atoms with E-state index in [-0.39, 0.29) is 5.91 Å². The van der Waals surface area contributed by atoms with Gasteiger partial charge in [-0.2, -0.15) is 5.10 Å². The highest BCUT2D eigenvalue weighted by atomic mass is 16.2. The summed E-state index contributed by atoms with van der Waals surface area (Å²) < 4.78 is 0. The Labute approximate surface area is 67.1 Å². The van der Waals surface area contributed by atoms with Gasteiger partial charge in [0, 0.05) is 12.8 Å². The molecule has 1 rings (SSSR count). The van der Waals surface area contributed by atoms with Crippen molar-refractivity contribution in [2.24, 2.45) is 11.0 Å². The molecule has 0 fully saturated rings. The molecule has 62 valence electrons. The maximum Gasteiger partial charge on any atom is 0.248 e. The molecule has 1 aliphatic heterocycles. The van der Waals surface area contributed by atoms with Crippen molar-refractivity contribution in [2.45, 2.75) is 26.7 Å². The maximum atomic E-state index is 11.0. The van der Waals surface area contributed by atoms with Crippen LogP contribution in [-0.4, -0.2) is 23.7 Å². The van der Waals surface area contributed by atoms with Crippen LogP contribution in [0.2, 0.25) is 0 Å². The van der Waals surface area contributed by atoms with Crippen molar-refractivity contribution in [3.8, 4) is 0 Å². The molecule has 0 aromatic carbocycles. The first kappa shape index (κ1) is 8.24. The minimum atomic E-state index is 0.130. The number of hydrogen-bond donors (Lipinski definition) is 0. The van der Waals surface area contributed by atoms with Gasteiger partial charge < -0.3 is 0 Å². The molecule has 0 N–H and O–H groups in total. The Kier molecular flexibility index (Phi) is 2.63. The first-order valence-electron chi connectivity index (χ1n) is 4.03. The summed E-state index contributed by atoms with van der Waals surface area (Å²) in [6.07, 6.45) is 3.18. The van der Waals surface area contributed by atoms with Gasteiger partial charge in [-0.1, -0.05) is 13.8 Å². The van der Waals surface area contributed by atoms with Crippen LogP contribution in [0, 0.1) is 5.92 Å². The van der Waals surface area contributed by atoms with Crippen molar-refractivity contribution in [1.82, 2.24) is 5.01 Å². The molecule has 0 aromatic rings. The molecule has 0 saturated heterocycles. The monoisotopic (exact) mass is 154 g/mol. The van der Waals surface area contributed by atoms with Gasteiger partial charge in [0.15, 0.2) is 0 Å². The zero-order chi connectivity index (χ0) is 8.27. The van der Waals surface area contributed by atoms with Crippen LogP contribution in [-0.2, 0) is 4.79 Å². The van der Waals surface area contributed by atoms with Gasteiger partial charge in [-0.25, -0.2) is 5.01 Å². The van der Waals surface area contributed by atoms with Gasteiger partial charge in [-0.05, 0) is 12.3 Å². The first-order chi connectivity index (χ1) is 5.20. The fraction of sp³-hybridized carbons (Fsp3) is 0.750. The van der Waals surface area contributed by atoms with E-state index in [1.54, 1.807) is 11.2 Å². The molecule has 11 heavy (non-hydrogen) atoms. The standard InChI is InChI=1S/C8H14N2O/c1-7(2)4-6-10-8(11)3-5-9-10/h5,7H,3-4,6H2,1-2H3. The summed E-state index contributed by atoms with van der Waals surface area (Å²) >= 11 is 0. The summed E-state index contributed by atoms with van der Waals surface area (Å²) in [6.45, 7) is 5.06. The molecule has 0 atom stereocenters. The van der Waals surface area contributed by atoms with Crippen molar-refractivity contribution in [3.05, 3.63) is 0 Å². The third-order valence-corrected chi connectivity index (χ3v) is 1.69. The zero-order valence-electron chi connectivity index (χ0n) is 7.08. The Bertz CT molecular complexity index is 175. The summed E-state index contributed by atoms with van der Waals surface area (Å²) in [5.74, 6) is 0.768. The minimum absolute atomic E-state index is 0.130. The van der Waals surface area contributed by atoms with Gasteiger partial charge in [-0.3, -0.25) is 4.79 Å². The van der Waals surface area contributed by atoms with Gasteiger partial charge in [-0.15, -0.1) is 0 Å². The second-order valence-electron chi connectivity index (χ2n) is 3.20. The summed E-state index contributed by atoms with van der Waals surface area (Å²) in [7, 11) is 0. The van der Waals surface area contributed by atoms with Crippen molar-refractivity contribution in [3.63, 3.8) is 0 Å². The molecule has 1 aliphatic rings. The molecule has 0 saturated carbocycles. The van der Waals surface area contributed by atoms with E-state index in [2.05, 4.69) is 18.9 Å². The lowest BCUT2D eigenvalue weighted by atomic mass is 10.1. The molecular formula is C8H14N2O. The lowest BCUT2D eigenvalue weighted by Crippen LogP contribution is -2.22. The maximum absolute atomic E-state index is 11.0. The van der Waals surface area contributed by atoms with Crippen LogP contribution < -0.4 is 0 Å². The quantitative estimate of drug-likeness (QED) is 0.602. The van der Waals surface area contributed by atoms with Crippen LogP contribution in [0.25, 0.3) is 0 Å². The van der Waals surface area contributed by atoms with E-state index in [0.717, 1.165) is 13.0 Å². The molecule has 3 heteroatoms. The predicted octanol–water partition coefficient (Wildman–Crippen LogP) is 1.25. The van der Waals surface area contributed by atoms with Crippen LogP contribution in [0.15, 0.2) is 5.10 Å². The van der Waals surface area contributed by atoms with E-state index in [1.807, 2.05) is 0 Å². The third kappa shape index (κ3) is 2.33. The van der Waals surface area contributed by atoms with Gasteiger partial charge in [0.2, 0.25) is 5.91 Å². The molecule has 0 radical (unpaired) electrons. The van der Waals surface area contributed by atoms with Gasteiger partial charge in [0.05, 0.1) is 6.42 Å². The van der Waals surface area contributed by atoms with Gasteiger partial charge in [0.25, 0.3) is 0 Å². The van der Waals surface area contributed by atoms with Crippen LogP contribution in [0.4, 0.5) is 0 Å². The number of amides is 1. The molecule has 0 bridgehead atoms. The minimum Gasteiger partial charge on any atom is -0.273 e. The van der Waals surface area contributed by atoms with E-state index < -0.39 is 0 Å². The van der Waals surface area contributed by atoms with Gasteiger partial charge >= 0.3 is 0 Å². The number of hydrazone groups is 1. The number of rotatable bonds is 3. The van der Waals surface area contributed by atoms with E-state index in [9.17, 15) is 4.79 Å². The first-order valence-corrected chi connectivity index (χ1v) is 4.03. The molecular weight excluding hydrogens is 140 g/mol. The second kappa shape index (κ2) is 3.51. The Balaban J connectivity index is 2.26. The predicted molar refractivity (Wildman–Crippen MR) is 44.3 cm³/mol. The molecule has 0 unspecified atom stereocenters. The fourth-order valence-corrected chi connectivity index (χ4v) is 0.950. The Morgan fingerprint density at radius 3 is 2.91 bits per heavy atom. The molecule has 1 heterocycles. The molecule has 0 aliphatic carbocycles. The second-order valence-corrected chi connectivity index (χ2v) is 3.20. The van der Waals surface area contributed by atoms with Crippen LogP contribution in [0.5, 0.6) is 0 Å². The molecule has 0 spiro atoms. The number of carbonyl (C=O) groups is 1. The number of carbonyl (C=O) groups excluding carboxylic acids is 1. The zero-order valence-corrected chi connectivity index (χ0v) is 7.08. The van der Waals surface area contributed by atoms with Crippen LogP contribution in [0.1, 0.15) is 26.7 Å². The Morgan fingerprint density at radius 2 is 2.45 bits per heavy atom. The highest BCUT2D eigenvalue weighted by molar-refractivity contribution is 5.93. The van der Waals surface area contributed by atoms with Crippen LogP contribution in [0.3, 0.4) is 0 Å². The van der Waals surface area contributed by atoms with Crippen molar-refractivity contribution < 1.29 is 4.79 Å². The molecule has 3 nitrogen and oxygen atoms in total. The van der Waals surface area contributed by atoms with Crippen LogP contribution >= 0.6 is 0 Å². The lowest BCUT2D eigenvalue weighted by Gasteiger charge is -2.12. The van der Waals surface area contributed by atoms with Crippen molar-refractivity contribution in [2.75, 3.05) is 6.54 Å². The lowest BCUT2D eigenvalue weighted by molar-refractivity contribution is -0.128. The Hall–Kier alpha value is -0.860. The van der Waals surface area contributed by atoms with Gasteiger partial charge in [0.1, 0.15) is 0 Å². The van der Waals surface area contributed by atoms with E-state index in [1.165, 1.54) is 0 Å². The largest absolute Gasteiger partial charge is 0.273 e. The smallest absolute Gasteiger partial charge is 0.248 e. The normalized spacial score (nSPS) is 17.0. The summed E-state index contributed by atoms with van der Waals surface area (Å²) in [4.78, 5) is 11.0. The topological polar surface area (TPSA) is 32.7 Å². The fourth-order valence-electron chi connectivity index (χ4n) is 0.950. The number of nitrogens with zero attached hydrogens (tertiary/aromatic N) is 2. The highest BCUT2D eigenvalue weighted by Crippen LogP contribution is 2.06.